The SMILES string of the molecule is CCCCCCN1C(=O)[C@@H](NC(C)=O)c2cc(C)ccc21. The molecule has 2 rings (SSSR count). The molecule has 1 heterocycles. The fraction of sp³-hybridized carbons (Fsp3) is 0.529. The highest BCUT2D eigenvalue weighted by Gasteiger charge is 2.37. The Hall–Kier alpha value is -1.84. The maximum atomic E-state index is 12.6. The Balaban J connectivity index is 2.20. The van der Waals surface area contributed by atoms with Gasteiger partial charge < -0.3 is 10.2 Å². The Labute approximate surface area is 126 Å². The zero-order valence-electron chi connectivity index (χ0n) is 13.1. The summed E-state index contributed by atoms with van der Waals surface area (Å²) in [5, 5.41) is 2.78. The average Bonchev–Trinajstić information content (AvgIpc) is 2.68. The van der Waals surface area contributed by atoms with Crippen LogP contribution in [0.25, 0.3) is 0 Å². The van der Waals surface area contributed by atoms with Gasteiger partial charge in [-0.05, 0) is 19.4 Å². The minimum atomic E-state index is -0.524. The van der Waals surface area contributed by atoms with Crippen LogP contribution in [0.3, 0.4) is 0 Å². The zero-order valence-corrected chi connectivity index (χ0v) is 13.1. The van der Waals surface area contributed by atoms with Gasteiger partial charge in [-0.2, -0.15) is 0 Å². The molecule has 0 saturated heterocycles. The molecule has 1 aromatic carbocycles. The van der Waals surface area contributed by atoms with E-state index in [9.17, 15) is 9.59 Å². The number of amides is 2. The van der Waals surface area contributed by atoms with Crippen LogP contribution in [0.15, 0.2) is 18.2 Å². The smallest absolute Gasteiger partial charge is 0.254 e. The minimum Gasteiger partial charge on any atom is -0.341 e. The van der Waals surface area contributed by atoms with Crippen molar-refractivity contribution in [2.24, 2.45) is 0 Å². The van der Waals surface area contributed by atoms with Gasteiger partial charge in [0.05, 0.1) is 0 Å². The third-order valence-corrected chi connectivity index (χ3v) is 3.88. The summed E-state index contributed by atoms with van der Waals surface area (Å²) in [5.74, 6) is -0.184. The molecule has 1 atom stereocenters. The van der Waals surface area contributed by atoms with Gasteiger partial charge >= 0.3 is 0 Å². The molecule has 1 aliphatic heterocycles. The number of hydrogen-bond donors (Lipinski definition) is 1. The number of carbonyl (C=O) groups is 2. The molecule has 0 saturated carbocycles. The summed E-state index contributed by atoms with van der Waals surface area (Å²) in [6.07, 6.45) is 4.50. The van der Waals surface area contributed by atoms with Gasteiger partial charge in [-0.15, -0.1) is 0 Å². The van der Waals surface area contributed by atoms with Crippen LogP contribution >= 0.6 is 0 Å². The summed E-state index contributed by atoms with van der Waals surface area (Å²) < 4.78 is 0. The lowest BCUT2D eigenvalue weighted by atomic mass is 10.1. The van der Waals surface area contributed by atoms with Crippen LogP contribution in [-0.4, -0.2) is 18.4 Å². The number of nitrogens with one attached hydrogen (secondary N) is 1. The van der Waals surface area contributed by atoms with E-state index in [0.717, 1.165) is 36.2 Å². The lowest BCUT2D eigenvalue weighted by molar-refractivity contribution is -0.126. The number of benzene rings is 1. The Bertz CT molecular complexity index is 540. The Morgan fingerprint density at radius 3 is 2.71 bits per heavy atom. The van der Waals surface area contributed by atoms with Gasteiger partial charge in [0.2, 0.25) is 5.91 Å². The van der Waals surface area contributed by atoms with E-state index in [1.54, 1.807) is 0 Å². The topological polar surface area (TPSA) is 49.4 Å². The third-order valence-electron chi connectivity index (χ3n) is 3.88. The number of rotatable bonds is 6. The van der Waals surface area contributed by atoms with Crippen molar-refractivity contribution in [3.8, 4) is 0 Å². The predicted molar refractivity (Wildman–Crippen MR) is 84.2 cm³/mol. The standard InChI is InChI=1S/C17H24N2O2/c1-4-5-6-7-10-19-15-9-8-12(2)11-14(15)16(17(19)21)18-13(3)20/h8-9,11,16H,4-7,10H2,1-3H3,(H,18,20)/t16-/m0/s1. The highest BCUT2D eigenvalue weighted by molar-refractivity contribution is 6.06. The second-order valence-corrected chi connectivity index (χ2v) is 5.75. The van der Waals surface area contributed by atoms with Crippen LogP contribution in [0.4, 0.5) is 5.69 Å². The number of hydrogen-bond acceptors (Lipinski definition) is 2. The largest absolute Gasteiger partial charge is 0.341 e. The summed E-state index contributed by atoms with van der Waals surface area (Å²) in [6.45, 7) is 6.35. The van der Waals surface area contributed by atoms with Crippen molar-refractivity contribution in [2.75, 3.05) is 11.4 Å². The summed E-state index contributed by atoms with van der Waals surface area (Å²) in [6, 6.07) is 5.48. The van der Waals surface area contributed by atoms with Crippen molar-refractivity contribution < 1.29 is 9.59 Å². The summed E-state index contributed by atoms with van der Waals surface area (Å²) in [4.78, 5) is 25.8. The van der Waals surface area contributed by atoms with E-state index in [2.05, 4.69) is 12.2 Å². The fourth-order valence-corrected chi connectivity index (χ4v) is 2.83. The molecule has 1 aliphatic rings. The molecule has 0 fully saturated rings. The van der Waals surface area contributed by atoms with E-state index < -0.39 is 6.04 Å². The van der Waals surface area contributed by atoms with Crippen LogP contribution in [0.1, 0.15) is 56.7 Å². The van der Waals surface area contributed by atoms with E-state index in [0.29, 0.717) is 0 Å². The molecule has 2 amide bonds. The molecular formula is C17H24N2O2. The first kappa shape index (κ1) is 15.5. The molecule has 0 bridgehead atoms. The maximum absolute atomic E-state index is 12.6. The van der Waals surface area contributed by atoms with Crippen molar-refractivity contribution in [1.82, 2.24) is 5.32 Å². The van der Waals surface area contributed by atoms with Crippen molar-refractivity contribution in [1.29, 1.82) is 0 Å². The molecule has 21 heavy (non-hydrogen) atoms. The maximum Gasteiger partial charge on any atom is 0.254 e. The predicted octanol–water partition coefficient (Wildman–Crippen LogP) is 3.10. The highest BCUT2D eigenvalue weighted by Crippen LogP contribution is 2.36. The van der Waals surface area contributed by atoms with Gasteiger partial charge in [-0.1, -0.05) is 43.9 Å². The number of fused-ring (bicyclic) bond motifs is 1. The molecule has 114 valence electrons. The summed E-state index contributed by atoms with van der Waals surface area (Å²) in [5.41, 5.74) is 2.97. The highest BCUT2D eigenvalue weighted by atomic mass is 16.2. The van der Waals surface area contributed by atoms with Crippen molar-refractivity contribution >= 4 is 17.5 Å². The molecule has 0 spiro atoms. The van der Waals surface area contributed by atoms with Gasteiger partial charge in [-0.3, -0.25) is 9.59 Å². The van der Waals surface area contributed by atoms with Crippen LogP contribution < -0.4 is 10.2 Å². The molecule has 4 heteroatoms. The number of nitrogens with zero attached hydrogens (tertiary/aromatic N) is 1. The van der Waals surface area contributed by atoms with Crippen LogP contribution in [-0.2, 0) is 9.59 Å². The zero-order chi connectivity index (χ0) is 15.4. The van der Waals surface area contributed by atoms with Gasteiger partial charge in [0.15, 0.2) is 0 Å². The van der Waals surface area contributed by atoms with E-state index in [4.69, 9.17) is 0 Å². The second kappa shape index (κ2) is 6.74. The Morgan fingerprint density at radius 1 is 1.29 bits per heavy atom. The van der Waals surface area contributed by atoms with Gasteiger partial charge in [0, 0.05) is 24.7 Å². The minimum absolute atomic E-state index is 0.0118. The number of unbranched alkanes of at least 4 members (excludes halogenated alkanes) is 3. The number of carbonyl (C=O) groups excluding carboxylic acids is 2. The van der Waals surface area contributed by atoms with Crippen molar-refractivity contribution in [2.45, 2.75) is 52.5 Å². The molecule has 0 aliphatic carbocycles. The molecule has 4 nitrogen and oxygen atoms in total. The van der Waals surface area contributed by atoms with E-state index in [1.165, 1.54) is 19.8 Å². The summed E-state index contributed by atoms with van der Waals surface area (Å²) in [7, 11) is 0. The molecular weight excluding hydrogens is 264 g/mol. The van der Waals surface area contributed by atoms with Gasteiger partial charge in [0.25, 0.3) is 5.91 Å². The normalized spacial score (nSPS) is 17.0. The van der Waals surface area contributed by atoms with Crippen molar-refractivity contribution in [3.05, 3.63) is 29.3 Å². The van der Waals surface area contributed by atoms with Crippen LogP contribution in [0.2, 0.25) is 0 Å². The van der Waals surface area contributed by atoms with Crippen molar-refractivity contribution in [3.63, 3.8) is 0 Å². The van der Waals surface area contributed by atoms with E-state index in [1.807, 2.05) is 30.0 Å². The first-order chi connectivity index (χ1) is 10.0. The number of anilines is 1. The van der Waals surface area contributed by atoms with Crippen LogP contribution in [0.5, 0.6) is 0 Å². The lowest BCUT2D eigenvalue weighted by Gasteiger charge is -2.18. The van der Waals surface area contributed by atoms with Gasteiger partial charge in [0.1, 0.15) is 6.04 Å². The number of aryl methyl sites for hydroxylation is 1. The molecule has 1 N–H and O–H groups in total. The molecule has 1 aromatic rings. The monoisotopic (exact) mass is 288 g/mol. The first-order valence-corrected chi connectivity index (χ1v) is 7.73. The second-order valence-electron chi connectivity index (χ2n) is 5.75. The molecule has 0 aromatic heterocycles. The summed E-state index contributed by atoms with van der Waals surface area (Å²) >= 11 is 0. The average molecular weight is 288 g/mol. The molecule has 0 unspecified atom stereocenters. The van der Waals surface area contributed by atoms with E-state index in [-0.39, 0.29) is 11.8 Å². The Kier molecular flexibility index (Phi) is 4.99. The van der Waals surface area contributed by atoms with Crippen LogP contribution in [0, 0.1) is 6.92 Å². The van der Waals surface area contributed by atoms with E-state index >= 15 is 0 Å². The van der Waals surface area contributed by atoms with Gasteiger partial charge in [-0.25, -0.2) is 0 Å². The quantitative estimate of drug-likeness (QED) is 0.818. The fourth-order valence-electron chi connectivity index (χ4n) is 2.83. The Morgan fingerprint density at radius 2 is 2.05 bits per heavy atom. The third kappa shape index (κ3) is 3.43. The first-order valence-electron chi connectivity index (χ1n) is 7.73. The molecule has 0 radical (unpaired) electrons. The lowest BCUT2D eigenvalue weighted by Crippen LogP contribution is -2.37.